The zero-order valence-corrected chi connectivity index (χ0v) is 54.1. The van der Waals surface area contributed by atoms with Crippen LogP contribution in [0.5, 0.6) is 0 Å². The minimum Gasteiger partial charge on any atom is -0.394 e. The molecule has 0 aromatic heterocycles. The lowest BCUT2D eigenvalue weighted by atomic mass is 9.99. The minimum absolute atomic E-state index is 0.205. The maximum atomic E-state index is 13.1. The van der Waals surface area contributed by atoms with E-state index in [1.54, 1.807) is 6.08 Å². The van der Waals surface area contributed by atoms with Crippen molar-refractivity contribution in [2.75, 3.05) is 13.2 Å². The van der Waals surface area contributed by atoms with Crippen molar-refractivity contribution in [3.05, 3.63) is 146 Å². The van der Waals surface area contributed by atoms with Gasteiger partial charge in [0.1, 0.15) is 24.4 Å². The summed E-state index contributed by atoms with van der Waals surface area (Å²) in [7, 11) is 0. The van der Waals surface area contributed by atoms with Crippen molar-refractivity contribution in [3.63, 3.8) is 0 Å². The molecule has 0 aromatic rings. The Morgan fingerprint density at radius 2 is 0.741 bits per heavy atom. The summed E-state index contributed by atoms with van der Waals surface area (Å²) in [5.41, 5.74) is 0. The Morgan fingerprint density at radius 3 is 1.13 bits per heavy atom. The Morgan fingerprint density at radius 1 is 0.412 bits per heavy atom. The van der Waals surface area contributed by atoms with Crippen LogP contribution in [0, 0.1) is 0 Å². The van der Waals surface area contributed by atoms with Crippen LogP contribution >= 0.6 is 0 Å². The smallest absolute Gasteiger partial charge is 0.220 e. The Balaban J connectivity index is 2.21. The molecule has 1 amide bonds. The van der Waals surface area contributed by atoms with Crippen LogP contribution in [0.1, 0.15) is 271 Å². The highest BCUT2D eigenvalue weighted by Gasteiger charge is 2.44. The normalized spacial score (nSPS) is 19.1. The van der Waals surface area contributed by atoms with Gasteiger partial charge in [-0.25, -0.2) is 0 Å². The third kappa shape index (κ3) is 51.8. The van der Waals surface area contributed by atoms with E-state index in [2.05, 4.69) is 153 Å². The average Bonchev–Trinajstić information content (AvgIpc) is 3.57. The molecule has 1 heterocycles. The van der Waals surface area contributed by atoms with Crippen LogP contribution in [0.25, 0.3) is 0 Å². The Hall–Kier alpha value is -3.93. The molecule has 0 saturated carbocycles. The van der Waals surface area contributed by atoms with E-state index in [1.165, 1.54) is 122 Å². The summed E-state index contributed by atoms with van der Waals surface area (Å²) in [5, 5.41) is 54.7. The van der Waals surface area contributed by atoms with Gasteiger partial charge in [0.2, 0.25) is 5.91 Å². The van der Waals surface area contributed by atoms with Gasteiger partial charge in [0.05, 0.1) is 25.4 Å². The monoisotopic (exact) mass is 1180 g/mol. The van der Waals surface area contributed by atoms with E-state index in [4.69, 9.17) is 9.47 Å². The van der Waals surface area contributed by atoms with Gasteiger partial charge in [-0.1, -0.05) is 301 Å². The number of allylic oxidation sites excluding steroid dienone is 23. The Kier molecular flexibility index (Phi) is 58.7. The number of aliphatic hydroxyl groups excluding tert-OH is 5. The highest BCUT2D eigenvalue weighted by Crippen LogP contribution is 2.23. The summed E-state index contributed by atoms with van der Waals surface area (Å²) in [5.74, 6) is -0.205. The zero-order chi connectivity index (χ0) is 61.4. The number of hydrogen-bond acceptors (Lipinski definition) is 8. The molecule has 7 unspecified atom stereocenters. The molecule has 0 bridgehead atoms. The van der Waals surface area contributed by atoms with Crippen LogP contribution < -0.4 is 5.32 Å². The first kappa shape index (κ1) is 79.1. The van der Waals surface area contributed by atoms with E-state index in [0.717, 1.165) is 128 Å². The van der Waals surface area contributed by atoms with Gasteiger partial charge >= 0.3 is 0 Å². The summed E-state index contributed by atoms with van der Waals surface area (Å²) >= 11 is 0. The molecule has 85 heavy (non-hydrogen) atoms. The van der Waals surface area contributed by atoms with Gasteiger partial charge in [-0.3, -0.25) is 4.79 Å². The van der Waals surface area contributed by atoms with Crippen LogP contribution in [0.15, 0.2) is 146 Å². The van der Waals surface area contributed by atoms with Gasteiger partial charge in [0.15, 0.2) is 6.29 Å². The topological polar surface area (TPSA) is 149 Å². The fourth-order valence-electron chi connectivity index (χ4n) is 10.0. The first-order valence-electron chi connectivity index (χ1n) is 34.6. The number of amides is 1. The lowest BCUT2D eigenvalue weighted by Gasteiger charge is -2.40. The predicted octanol–water partition coefficient (Wildman–Crippen LogP) is 19.0. The first-order chi connectivity index (χ1) is 41.8. The van der Waals surface area contributed by atoms with E-state index >= 15 is 0 Å². The average molecular weight is 1180 g/mol. The highest BCUT2D eigenvalue weighted by molar-refractivity contribution is 5.76. The van der Waals surface area contributed by atoms with Gasteiger partial charge in [0, 0.05) is 6.42 Å². The van der Waals surface area contributed by atoms with Crippen LogP contribution in [-0.4, -0.2) is 87.5 Å². The van der Waals surface area contributed by atoms with Crippen LogP contribution in [0.2, 0.25) is 0 Å². The van der Waals surface area contributed by atoms with Crippen molar-refractivity contribution in [1.29, 1.82) is 0 Å². The number of aliphatic hydroxyl groups is 5. The molecule has 1 fully saturated rings. The van der Waals surface area contributed by atoms with E-state index < -0.39 is 49.5 Å². The summed E-state index contributed by atoms with van der Waals surface area (Å²) in [6.45, 7) is 3.65. The molecule has 6 N–H and O–H groups in total. The molecule has 0 aliphatic carbocycles. The lowest BCUT2D eigenvalue weighted by Crippen LogP contribution is -2.60. The zero-order valence-electron chi connectivity index (χ0n) is 54.1. The second-order valence-electron chi connectivity index (χ2n) is 23.2. The van der Waals surface area contributed by atoms with Crippen molar-refractivity contribution >= 4 is 5.91 Å². The molecular weight excluding hydrogens is 1050 g/mol. The third-order valence-electron chi connectivity index (χ3n) is 15.4. The van der Waals surface area contributed by atoms with E-state index in [1.807, 2.05) is 6.08 Å². The van der Waals surface area contributed by atoms with Gasteiger partial charge in [-0.2, -0.15) is 0 Å². The summed E-state index contributed by atoms with van der Waals surface area (Å²) in [6.07, 6.45) is 90.8. The maximum absolute atomic E-state index is 13.1. The number of rotatable bonds is 58. The van der Waals surface area contributed by atoms with Gasteiger partial charge in [-0.05, 0) is 109 Å². The second kappa shape index (κ2) is 63.1. The van der Waals surface area contributed by atoms with Gasteiger partial charge in [0.25, 0.3) is 0 Å². The molecule has 1 aliphatic rings. The van der Waals surface area contributed by atoms with E-state index in [9.17, 15) is 30.3 Å². The van der Waals surface area contributed by atoms with Crippen LogP contribution in [0.3, 0.4) is 0 Å². The summed E-state index contributed by atoms with van der Waals surface area (Å²) in [6, 6.07) is -0.843. The fraction of sp³-hybridized carbons (Fsp3) is 0.671. The van der Waals surface area contributed by atoms with E-state index in [-0.39, 0.29) is 12.5 Å². The molecule has 9 nitrogen and oxygen atoms in total. The van der Waals surface area contributed by atoms with Gasteiger partial charge < -0.3 is 40.3 Å². The number of ether oxygens (including phenoxy) is 2. The summed E-state index contributed by atoms with van der Waals surface area (Å²) in [4.78, 5) is 13.1. The second-order valence-corrected chi connectivity index (χ2v) is 23.2. The standard InChI is InChI=1S/C76H127NO8/c1-3-5-7-9-11-13-15-17-19-21-23-25-27-29-30-31-32-33-34-35-36-37-38-39-40-42-44-46-48-50-52-54-56-58-60-62-64-66-72(80)77-69(68-84-76-75(83)74(82)73(81)71(67-78)85-76)70(79)65-63-61-59-57-55-53-51-49-47-45-43-41-28-26-24-22-20-18-16-14-12-10-8-6-4-2/h5,7,11,13,17,19,23,25,29-30,32-33,35-36,38-39,42,44,48,50,55,57,63,65,69-71,73-76,78-79,81-83H,3-4,6,8-10,12,14-16,18,20-22,24,26-28,31,34,37,40-41,43,45-47,49,51-54,56,58-62,64,66-68H2,1-2H3,(H,77,80)/b7-5-,13-11-,19-17-,25-23-,30-29-,33-32-,36-35-,39-38-,44-42-,50-48-,57-55+,65-63+. The van der Waals surface area contributed by atoms with Crippen LogP contribution in [-0.2, 0) is 14.3 Å². The number of unbranched alkanes of at least 4 members (excludes halogenated alkanes) is 26. The number of nitrogens with one attached hydrogen (secondary N) is 1. The number of carbonyl (C=O) groups excluding carboxylic acids is 1. The highest BCUT2D eigenvalue weighted by atomic mass is 16.7. The van der Waals surface area contributed by atoms with Crippen molar-refractivity contribution in [1.82, 2.24) is 5.32 Å². The molecule has 0 spiro atoms. The molecule has 1 rings (SSSR count). The summed E-state index contributed by atoms with van der Waals surface area (Å²) < 4.78 is 11.3. The predicted molar refractivity (Wildman–Crippen MR) is 363 cm³/mol. The Labute approximate surface area is 521 Å². The molecule has 484 valence electrons. The molecule has 1 saturated heterocycles. The largest absolute Gasteiger partial charge is 0.394 e. The third-order valence-corrected chi connectivity index (χ3v) is 15.4. The molecule has 1 aliphatic heterocycles. The van der Waals surface area contributed by atoms with Crippen molar-refractivity contribution in [2.24, 2.45) is 0 Å². The van der Waals surface area contributed by atoms with Crippen molar-refractivity contribution in [3.8, 4) is 0 Å². The van der Waals surface area contributed by atoms with Gasteiger partial charge in [-0.15, -0.1) is 0 Å². The van der Waals surface area contributed by atoms with E-state index in [0.29, 0.717) is 6.42 Å². The van der Waals surface area contributed by atoms with Crippen molar-refractivity contribution in [2.45, 2.75) is 314 Å². The molecular formula is C76H127NO8. The fourth-order valence-corrected chi connectivity index (χ4v) is 10.0. The Bertz CT molecular complexity index is 1850. The number of carbonyl (C=O) groups is 1. The molecule has 0 aromatic carbocycles. The van der Waals surface area contributed by atoms with Crippen LogP contribution in [0.4, 0.5) is 0 Å². The molecule has 9 heteroatoms. The minimum atomic E-state index is -1.58. The molecule has 7 atom stereocenters. The van der Waals surface area contributed by atoms with Crippen molar-refractivity contribution < 1.29 is 39.8 Å². The molecule has 0 radical (unpaired) electrons. The maximum Gasteiger partial charge on any atom is 0.220 e. The first-order valence-corrected chi connectivity index (χ1v) is 34.6. The quantitative estimate of drug-likeness (QED) is 0.0261. The SMILES string of the molecule is CC/C=C\C/C=C\C/C=C\C/C=C\C/C=C\C/C=C\C/C=C\C/C=C\C/C=C\C/C=C\CCCCCCCCC(=O)NC(COC1OC(CO)C(O)C(O)C1O)C(O)/C=C/CC/C=C/CCCCCCCCCCCCCCCCCCCCC. The number of hydrogen-bond donors (Lipinski definition) is 6. The lowest BCUT2D eigenvalue weighted by molar-refractivity contribution is -0.302.